The van der Waals surface area contributed by atoms with E-state index in [1.54, 1.807) is 6.20 Å². The Morgan fingerprint density at radius 1 is 1.04 bits per heavy atom. The molecule has 4 heteroatoms. The number of benzene rings is 2. The van der Waals surface area contributed by atoms with Crippen molar-refractivity contribution >= 4 is 16.5 Å². The largest absolute Gasteiger partial charge is 0.379 e. The predicted molar refractivity (Wildman–Crippen MR) is 103 cm³/mol. The normalized spacial score (nSPS) is 18.3. The van der Waals surface area contributed by atoms with E-state index >= 15 is 0 Å². The highest BCUT2D eigenvalue weighted by Gasteiger charge is 2.20. The van der Waals surface area contributed by atoms with Crippen LogP contribution >= 0.6 is 0 Å². The number of rotatable bonds is 4. The van der Waals surface area contributed by atoms with Crippen molar-refractivity contribution in [3.63, 3.8) is 0 Å². The first kappa shape index (κ1) is 15.9. The van der Waals surface area contributed by atoms with Crippen molar-refractivity contribution in [1.82, 2.24) is 9.88 Å². The van der Waals surface area contributed by atoms with Gasteiger partial charge in [-0.2, -0.15) is 0 Å². The van der Waals surface area contributed by atoms with Gasteiger partial charge < -0.3 is 10.3 Å². The molecule has 0 radical (unpaired) electrons. The summed E-state index contributed by atoms with van der Waals surface area (Å²) in [6, 6.07) is 18.8. The van der Waals surface area contributed by atoms with E-state index in [4.69, 9.17) is 0 Å². The summed E-state index contributed by atoms with van der Waals surface area (Å²) in [6.45, 7) is 3.15. The molecule has 1 aliphatic rings. The van der Waals surface area contributed by atoms with Gasteiger partial charge in [-0.05, 0) is 31.0 Å². The van der Waals surface area contributed by atoms with Gasteiger partial charge in [-0.3, -0.25) is 9.69 Å². The van der Waals surface area contributed by atoms with Crippen molar-refractivity contribution in [3.05, 3.63) is 76.7 Å². The molecule has 128 valence electrons. The number of hydrogen-bond donors (Lipinski definition) is 2. The van der Waals surface area contributed by atoms with Crippen molar-refractivity contribution in [2.24, 2.45) is 0 Å². The number of piperidine rings is 1. The minimum atomic E-state index is -0.0319. The molecule has 1 atom stereocenters. The number of likely N-dealkylation sites (tertiary alicyclic amines) is 1. The van der Waals surface area contributed by atoms with E-state index in [1.807, 2.05) is 24.3 Å². The van der Waals surface area contributed by atoms with Crippen LogP contribution in [0.5, 0.6) is 0 Å². The Kier molecular flexibility index (Phi) is 4.53. The molecule has 3 aromatic rings. The molecule has 0 bridgehead atoms. The SMILES string of the molecule is O=c1[nH]cc(NC2CCCN(Cc3ccccc3)C2)c2ccccc12. The Hall–Kier alpha value is -2.59. The molecule has 0 aliphatic carbocycles. The summed E-state index contributed by atoms with van der Waals surface area (Å²) in [5, 5.41) is 5.39. The molecule has 25 heavy (non-hydrogen) atoms. The van der Waals surface area contributed by atoms with E-state index in [1.165, 1.54) is 12.0 Å². The summed E-state index contributed by atoms with van der Waals surface area (Å²) >= 11 is 0. The van der Waals surface area contributed by atoms with E-state index in [0.29, 0.717) is 6.04 Å². The topological polar surface area (TPSA) is 48.1 Å². The quantitative estimate of drug-likeness (QED) is 0.767. The van der Waals surface area contributed by atoms with Gasteiger partial charge in [0.15, 0.2) is 0 Å². The average molecular weight is 333 g/mol. The second-order valence-corrected chi connectivity index (χ2v) is 6.78. The van der Waals surface area contributed by atoms with Crippen LogP contribution in [0.15, 0.2) is 65.6 Å². The van der Waals surface area contributed by atoms with Gasteiger partial charge in [0.1, 0.15) is 0 Å². The molecule has 1 aliphatic heterocycles. The van der Waals surface area contributed by atoms with Crippen molar-refractivity contribution in [2.45, 2.75) is 25.4 Å². The van der Waals surface area contributed by atoms with Crippen molar-refractivity contribution in [3.8, 4) is 0 Å². The zero-order valence-electron chi connectivity index (χ0n) is 14.2. The Morgan fingerprint density at radius 3 is 2.64 bits per heavy atom. The molecule has 2 N–H and O–H groups in total. The zero-order valence-corrected chi connectivity index (χ0v) is 14.2. The van der Waals surface area contributed by atoms with Crippen LogP contribution in [0.1, 0.15) is 18.4 Å². The van der Waals surface area contributed by atoms with Gasteiger partial charge in [0.25, 0.3) is 5.56 Å². The van der Waals surface area contributed by atoms with Gasteiger partial charge in [-0.15, -0.1) is 0 Å². The molecule has 0 spiro atoms. The highest BCUT2D eigenvalue weighted by atomic mass is 16.1. The van der Waals surface area contributed by atoms with E-state index < -0.39 is 0 Å². The maximum absolute atomic E-state index is 12.0. The molecule has 2 aromatic carbocycles. The maximum Gasteiger partial charge on any atom is 0.255 e. The fourth-order valence-electron chi connectivity index (χ4n) is 3.71. The smallest absolute Gasteiger partial charge is 0.255 e. The number of pyridine rings is 1. The molecule has 4 rings (SSSR count). The summed E-state index contributed by atoms with van der Waals surface area (Å²) in [4.78, 5) is 17.3. The van der Waals surface area contributed by atoms with Gasteiger partial charge in [0, 0.05) is 36.1 Å². The van der Waals surface area contributed by atoms with E-state index in [2.05, 4.69) is 45.5 Å². The van der Waals surface area contributed by atoms with Gasteiger partial charge in [-0.25, -0.2) is 0 Å². The second kappa shape index (κ2) is 7.11. The lowest BCUT2D eigenvalue weighted by Crippen LogP contribution is -2.41. The fraction of sp³-hybridized carbons (Fsp3) is 0.286. The van der Waals surface area contributed by atoms with Crippen molar-refractivity contribution in [2.75, 3.05) is 18.4 Å². The lowest BCUT2D eigenvalue weighted by molar-refractivity contribution is 0.208. The van der Waals surface area contributed by atoms with Crippen LogP contribution < -0.4 is 10.9 Å². The molecule has 1 fully saturated rings. The lowest BCUT2D eigenvalue weighted by Gasteiger charge is -2.33. The van der Waals surface area contributed by atoms with Crippen LogP contribution in [0, 0.1) is 0 Å². The Labute approximate surface area is 147 Å². The number of fused-ring (bicyclic) bond motifs is 1. The first-order chi connectivity index (χ1) is 12.3. The third-order valence-electron chi connectivity index (χ3n) is 4.92. The zero-order chi connectivity index (χ0) is 17.1. The number of hydrogen-bond acceptors (Lipinski definition) is 3. The van der Waals surface area contributed by atoms with Crippen molar-refractivity contribution in [1.29, 1.82) is 0 Å². The molecular weight excluding hydrogens is 310 g/mol. The van der Waals surface area contributed by atoms with Crippen molar-refractivity contribution < 1.29 is 0 Å². The molecule has 4 nitrogen and oxygen atoms in total. The predicted octanol–water partition coefficient (Wildman–Crippen LogP) is 3.60. The number of nitrogens with zero attached hydrogens (tertiary/aromatic N) is 1. The van der Waals surface area contributed by atoms with E-state index in [-0.39, 0.29) is 5.56 Å². The molecule has 1 saturated heterocycles. The van der Waals surface area contributed by atoms with Crippen LogP contribution in [0.3, 0.4) is 0 Å². The second-order valence-electron chi connectivity index (χ2n) is 6.78. The standard InChI is InChI=1S/C21H23N3O/c25-21-19-11-5-4-10-18(19)20(13-22-21)23-17-9-6-12-24(15-17)14-16-7-2-1-3-8-16/h1-5,7-8,10-11,13,17,23H,6,9,12,14-15H2,(H,22,25). The first-order valence-electron chi connectivity index (χ1n) is 8.93. The van der Waals surface area contributed by atoms with Crippen LogP contribution in [-0.2, 0) is 6.54 Å². The number of H-pyrrole nitrogens is 1. The average Bonchev–Trinajstić information content (AvgIpc) is 2.65. The minimum Gasteiger partial charge on any atom is -0.379 e. The Morgan fingerprint density at radius 2 is 1.80 bits per heavy atom. The van der Waals surface area contributed by atoms with E-state index in [0.717, 1.165) is 42.5 Å². The first-order valence-corrected chi connectivity index (χ1v) is 8.93. The van der Waals surface area contributed by atoms with Crippen LogP contribution in [0.25, 0.3) is 10.8 Å². The lowest BCUT2D eigenvalue weighted by atomic mass is 10.0. The monoisotopic (exact) mass is 333 g/mol. The highest BCUT2D eigenvalue weighted by Crippen LogP contribution is 2.23. The third kappa shape index (κ3) is 3.59. The maximum atomic E-state index is 12.0. The number of aromatic amines is 1. The summed E-state index contributed by atoms with van der Waals surface area (Å²) < 4.78 is 0. The molecule has 0 amide bonds. The van der Waals surface area contributed by atoms with Crippen LogP contribution in [0.2, 0.25) is 0 Å². The highest BCUT2D eigenvalue weighted by molar-refractivity contribution is 5.92. The summed E-state index contributed by atoms with van der Waals surface area (Å²) in [7, 11) is 0. The van der Waals surface area contributed by atoms with Gasteiger partial charge in [0.05, 0.1) is 5.69 Å². The number of aromatic nitrogens is 1. The molecule has 1 unspecified atom stereocenters. The summed E-state index contributed by atoms with van der Waals surface area (Å²) in [6.07, 6.45) is 4.14. The molecular formula is C21H23N3O. The van der Waals surface area contributed by atoms with E-state index in [9.17, 15) is 4.79 Å². The van der Waals surface area contributed by atoms with Gasteiger partial charge >= 0.3 is 0 Å². The fourth-order valence-corrected chi connectivity index (χ4v) is 3.71. The molecule has 2 heterocycles. The summed E-state index contributed by atoms with van der Waals surface area (Å²) in [5.74, 6) is 0. The molecule has 1 aromatic heterocycles. The summed E-state index contributed by atoms with van der Waals surface area (Å²) in [5.41, 5.74) is 2.34. The van der Waals surface area contributed by atoms with Crippen LogP contribution in [-0.4, -0.2) is 29.0 Å². The minimum absolute atomic E-state index is 0.0319. The number of nitrogens with one attached hydrogen (secondary N) is 2. The van der Waals surface area contributed by atoms with Gasteiger partial charge in [0.2, 0.25) is 0 Å². The van der Waals surface area contributed by atoms with Gasteiger partial charge in [-0.1, -0.05) is 48.5 Å². The number of anilines is 1. The van der Waals surface area contributed by atoms with Crippen LogP contribution in [0.4, 0.5) is 5.69 Å². The Bertz CT molecular complexity index is 904. The Balaban J connectivity index is 1.49. The molecule has 0 saturated carbocycles. The third-order valence-corrected chi connectivity index (χ3v) is 4.92.